The van der Waals surface area contributed by atoms with E-state index in [-0.39, 0.29) is 17.2 Å². The number of amides is 1. The third kappa shape index (κ3) is 3.66. The molecule has 1 aromatic rings. The third-order valence-electron chi connectivity index (χ3n) is 3.45. The summed E-state index contributed by atoms with van der Waals surface area (Å²) in [5.41, 5.74) is 5.98. The van der Waals surface area contributed by atoms with Crippen LogP contribution in [0.5, 0.6) is 0 Å². The lowest BCUT2D eigenvalue weighted by Crippen LogP contribution is -2.20. The van der Waals surface area contributed by atoms with Gasteiger partial charge in [0.25, 0.3) is 0 Å². The molecule has 1 aromatic carbocycles. The number of hydrazone groups is 1. The number of hydrogen-bond acceptors (Lipinski definition) is 2. The van der Waals surface area contributed by atoms with Gasteiger partial charge in [-0.3, -0.25) is 4.79 Å². The molecule has 0 saturated heterocycles. The Morgan fingerprint density at radius 3 is 2.26 bits per heavy atom. The Hall–Kier alpha value is -1.64. The fourth-order valence-corrected chi connectivity index (χ4v) is 1.85. The summed E-state index contributed by atoms with van der Waals surface area (Å²) in [6.07, 6.45) is 2.00. The number of hydrogen-bond donors (Lipinski definition) is 1. The van der Waals surface area contributed by atoms with Crippen molar-refractivity contribution in [2.24, 2.45) is 11.0 Å². The van der Waals surface area contributed by atoms with E-state index in [1.807, 2.05) is 6.92 Å². The van der Waals surface area contributed by atoms with Crippen molar-refractivity contribution in [3.05, 3.63) is 35.4 Å². The molecule has 2 rings (SSSR count). The molecule has 1 aliphatic rings. The lowest BCUT2D eigenvalue weighted by molar-refractivity contribution is -0.122. The Balaban J connectivity index is 2.04. The number of rotatable bonds is 3. The number of benzene rings is 1. The highest BCUT2D eigenvalue weighted by Crippen LogP contribution is 2.28. The van der Waals surface area contributed by atoms with Gasteiger partial charge in [0.15, 0.2) is 0 Å². The van der Waals surface area contributed by atoms with Crippen molar-refractivity contribution in [2.75, 3.05) is 0 Å². The number of carbonyl (C=O) groups is 1. The highest BCUT2D eigenvalue weighted by molar-refractivity contribution is 5.99. The number of nitrogens with one attached hydrogen (secondary N) is 1. The van der Waals surface area contributed by atoms with Gasteiger partial charge in [-0.15, -0.1) is 0 Å². The maximum absolute atomic E-state index is 11.5. The molecule has 1 N–H and O–H groups in total. The maximum atomic E-state index is 11.5. The van der Waals surface area contributed by atoms with Crippen molar-refractivity contribution in [2.45, 2.75) is 46.0 Å². The van der Waals surface area contributed by atoms with Crippen molar-refractivity contribution >= 4 is 11.6 Å². The van der Waals surface area contributed by atoms with E-state index in [0.29, 0.717) is 0 Å². The molecule has 3 nitrogen and oxygen atoms in total. The molecule has 1 aliphatic carbocycles. The third-order valence-corrected chi connectivity index (χ3v) is 3.45. The van der Waals surface area contributed by atoms with Crippen LogP contribution in [0.1, 0.15) is 51.7 Å². The molecule has 0 unspecified atom stereocenters. The van der Waals surface area contributed by atoms with Crippen LogP contribution in [0.3, 0.4) is 0 Å². The zero-order valence-corrected chi connectivity index (χ0v) is 12.2. The second kappa shape index (κ2) is 5.16. The SMILES string of the molecule is C/C(=N/NC(=O)C1CC1)c1ccc(C(C)(C)C)cc1. The summed E-state index contributed by atoms with van der Waals surface area (Å²) in [5, 5.41) is 4.16. The van der Waals surface area contributed by atoms with E-state index in [4.69, 9.17) is 0 Å². The first-order valence-corrected chi connectivity index (χ1v) is 6.83. The molecule has 1 saturated carbocycles. The molecule has 0 aliphatic heterocycles. The van der Waals surface area contributed by atoms with Crippen LogP contribution in [-0.4, -0.2) is 11.6 Å². The molecule has 102 valence electrons. The summed E-state index contributed by atoms with van der Waals surface area (Å²) < 4.78 is 0. The molecule has 0 atom stereocenters. The Bertz CT molecular complexity index is 490. The minimum Gasteiger partial charge on any atom is -0.273 e. The van der Waals surface area contributed by atoms with E-state index in [0.717, 1.165) is 24.1 Å². The Morgan fingerprint density at radius 2 is 1.79 bits per heavy atom. The Morgan fingerprint density at radius 1 is 1.21 bits per heavy atom. The molecular weight excluding hydrogens is 236 g/mol. The Labute approximate surface area is 115 Å². The number of nitrogens with zero attached hydrogens (tertiary/aromatic N) is 1. The predicted molar refractivity (Wildman–Crippen MR) is 78.2 cm³/mol. The van der Waals surface area contributed by atoms with Crippen LogP contribution in [0.15, 0.2) is 29.4 Å². The van der Waals surface area contributed by atoms with Crippen LogP contribution in [0.4, 0.5) is 0 Å². The lowest BCUT2D eigenvalue weighted by atomic mass is 9.86. The molecule has 0 heterocycles. The van der Waals surface area contributed by atoms with Crippen LogP contribution in [0.2, 0.25) is 0 Å². The molecule has 3 heteroatoms. The first-order chi connectivity index (χ1) is 8.88. The van der Waals surface area contributed by atoms with Gasteiger partial charge in [-0.25, -0.2) is 5.43 Å². The van der Waals surface area contributed by atoms with E-state index in [1.54, 1.807) is 0 Å². The summed E-state index contributed by atoms with van der Waals surface area (Å²) in [6, 6.07) is 8.36. The van der Waals surface area contributed by atoms with Crippen LogP contribution in [-0.2, 0) is 10.2 Å². The van der Waals surface area contributed by atoms with E-state index in [9.17, 15) is 4.79 Å². The minimum absolute atomic E-state index is 0.0469. The summed E-state index contributed by atoms with van der Waals surface area (Å²) in [5.74, 6) is 0.241. The highest BCUT2D eigenvalue weighted by Gasteiger charge is 2.29. The topological polar surface area (TPSA) is 41.5 Å². The van der Waals surface area contributed by atoms with Crippen LogP contribution >= 0.6 is 0 Å². The van der Waals surface area contributed by atoms with Crippen LogP contribution < -0.4 is 5.43 Å². The summed E-state index contributed by atoms with van der Waals surface area (Å²) >= 11 is 0. The fourth-order valence-electron chi connectivity index (χ4n) is 1.85. The minimum atomic E-state index is 0.0469. The standard InChI is InChI=1S/C16H22N2O/c1-11(17-18-15(19)13-5-6-13)12-7-9-14(10-8-12)16(2,3)4/h7-10,13H,5-6H2,1-4H3,(H,18,19)/b17-11-. The van der Waals surface area contributed by atoms with Gasteiger partial charge in [0.2, 0.25) is 5.91 Å². The largest absolute Gasteiger partial charge is 0.273 e. The lowest BCUT2D eigenvalue weighted by Gasteiger charge is -2.19. The first kappa shape index (κ1) is 13.8. The second-order valence-corrected chi connectivity index (χ2v) is 6.27. The molecule has 0 aromatic heterocycles. The van der Waals surface area contributed by atoms with Gasteiger partial charge in [0.05, 0.1) is 5.71 Å². The number of carbonyl (C=O) groups excluding carboxylic acids is 1. The van der Waals surface area contributed by atoms with Gasteiger partial charge >= 0.3 is 0 Å². The van der Waals surface area contributed by atoms with E-state index in [2.05, 4.69) is 55.6 Å². The molecule has 1 fully saturated rings. The first-order valence-electron chi connectivity index (χ1n) is 6.83. The molecule has 0 bridgehead atoms. The van der Waals surface area contributed by atoms with Crippen molar-refractivity contribution < 1.29 is 4.79 Å². The summed E-state index contributed by atoms with van der Waals surface area (Å²) in [4.78, 5) is 11.5. The van der Waals surface area contributed by atoms with Crippen molar-refractivity contribution in [1.29, 1.82) is 0 Å². The predicted octanol–water partition coefficient (Wildman–Crippen LogP) is 3.23. The van der Waals surface area contributed by atoms with Gasteiger partial charge in [-0.2, -0.15) is 5.10 Å². The zero-order valence-electron chi connectivity index (χ0n) is 12.2. The van der Waals surface area contributed by atoms with Crippen molar-refractivity contribution in [1.82, 2.24) is 5.43 Å². The monoisotopic (exact) mass is 258 g/mol. The molecule has 0 spiro atoms. The van der Waals surface area contributed by atoms with E-state index in [1.165, 1.54) is 5.56 Å². The average molecular weight is 258 g/mol. The molecule has 0 radical (unpaired) electrons. The average Bonchev–Trinajstić information content (AvgIpc) is 3.19. The fraction of sp³-hybridized carbons (Fsp3) is 0.500. The quantitative estimate of drug-likeness (QED) is 0.656. The zero-order chi connectivity index (χ0) is 14.0. The molecule has 19 heavy (non-hydrogen) atoms. The van der Waals surface area contributed by atoms with Crippen LogP contribution in [0, 0.1) is 5.92 Å². The van der Waals surface area contributed by atoms with Gasteiger partial charge in [0.1, 0.15) is 0 Å². The van der Waals surface area contributed by atoms with Crippen molar-refractivity contribution in [3.8, 4) is 0 Å². The second-order valence-electron chi connectivity index (χ2n) is 6.27. The van der Waals surface area contributed by atoms with E-state index < -0.39 is 0 Å². The molecular formula is C16H22N2O. The highest BCUT2D eigenvalue weighted by atomic mass is 16.2. The van der Waals surface area contributed by atoms with Crippen molar-refractivity contribution in [3.63, 3.8) is 0 Å². The van der Waals surface area contributed by atoms with Crippen LogP contribution in [0.25, 0.3) is 0 Å². The molecule has 1 amide bonds. The van der Waals surface area contributed by atoms with Gasteiger partial charge < -0.3 is 0 Å². The smallest absolute Gasteiger partial charge is 0.243 e. The normalized spacial score (nSPS) is 16.3. The van der Waals surface area contributed by atoms with Gasteiger partial charge in [-0.1, -0.05) is 45.0 Å². The maximum Gasteiger partial charge on any atom is 0.243 e. The van der Waals surface area contributed by atoms with E-state index >= 15 is 0 Å². The summed E-state index contributed by atoms with van der Waals surface area (Å²) in [7, 11) is 0. The summed E-state index contributed by atoms with van der Waals surface area (Å²) in [6.45, 7) is 8.50. The van der Waals surface area contributed by atoms with Gasteiger partial charge in [0, 0.05) is 5.92 Å². The van der Waals surface area contributed by atoms with Gasteiger partial charge in [-0.05, 0) is 36.3 Å². The Kier molecular flexibility index (Phi) is 3.74.